The highest BCUT2D eigenvalue weighted by atomic mass is 16.5. The SMILES string of the molecule is CCOC1C[C]OCC1. The summed E-state index contributed by atoms with van der Waals surface area (Å²) in [6.45, 7) is 6.37. The van der Waals surface area contributed by atoms with Crippen LogP contribution < -0.4 is 0 Å². The van der Waals surface area contributed by atoms with Crippen molar-refractivity contribution in [1.29, 1.82) is 0 Å². The smallest absolute Gasteiger partial charge is 0.134 e. The van der Waals surface area contributed by atoms with Gasteiger partial charge in [-0.15, -0.1) is 0 Å². The minimum absolute atomic E-state index is 0.365. The average Bonchev–Trinajstić information content (AvgIpc) is 1.91. The van der Waals surface area contributed by atoms with Crippen molar-refractivity contribution in [3.05, 3.63) is 6.61 Å². The predicted octanol–water partition coefficient (Wildman–Crippen LogP) is 1.24. The molecule has 0 spiro atoms. The second-order valence-electron chi connectivity index (χ2n) is 2.06. The fraction of sp³-hybridized carbons (Fsp3) is 0.857. The Hall–Kier alpha value is -0.0800. The Bertz CT molecular complexity index is 64.6. The first kappa shape index (κ1) is 7.03. The van der Waals surface area contributed by atoms with Crippen molar-refractivity contribution in [2.45, 2.75) is 25.9 Å². The van der Waals surface area contributed by atoms with Crippen molar-refractivity contribution < 1.29 is 9.47 Å². The van der Waals surface area contributed by atoms with Gasteiger partial charge in [-0.25, -0.2) is 0 Å². The van der Waals surface area contributed by atoms with Crippen LogP contribution in [0.3, 0.4) is 0 Å². The average molecular weight is 128 g/mol. The number of hydrogen-bond donors (Lipinski definition) is 0. The van der Waals surface area contributed by atoms with Gasteiger partial charge in [0.25, 0.3) is 0 Å². The van der Waals surface area contributed by atoms with Crippen molar-refractivity contribution in [2.75, 3.05) is 13.2 Å². The van der Waals surface area contributed by atoms with Gasteiger partial charge in [0, 0.05) is 13.0 Å². The largest absolute Gasteiger partial charge is 0.378 e. The first-order valence-electron chi connectivity index (χ1n) is 3.39. The van der Waals surface area contributed by atoms with E-state index in [1.807, 2.05) is 6.92 Å². The van der Waals surface area contributed by atoms with E-state index in [0.29, 0.717) is 6.10 Å². The van der Waals surface area contributed by atoms with Crippen molar-refractivity contribution in [3.8, 4) is 0 Å². The molecule has 52 valence electrons. The summed E-state index contributed by atoms with van der Waals surface area (Å²) < 4.78 is 10.3. The Morgan fingerprint density at radius 2 is 2.67 bits per heavy atom. The molecule has 0 saturated carbocycles. The van der Waals surface area contributed by atoms with Crippen molar-refractivity contribution >= 4 is 0 Å². The Morgan fingerprint density at radius 3 is 3.22 bits per heavy atom. The summed E-state index contributed by atoms with van der Waals surface area (Å²) >= 11 is 0. The Labute approximate surface area is 56.2 Å². The summed E-state index contributed by atoms with van der Waals surface area (Å²) in [5.74, 6) is 0. The minimum atomic E-state index is 0.365. The molecule has 2 radical (unpaired) electrons. The third-order valence-electron chi connectivity index (χ3n) is 1.36. The van der Waals surface area contributed by atoms with E-state index >= 15 is 0 Å². The molecule has 1 rings (SSSR count). The number of rotatable bonds is 2. The van der Waals surface area contributed by atoms with Gasteiger partial charge < -0.3 is 9.47 Å². The van der Waals surface area contributed by atoms with Crippen LogP contribution >= 0.6 is 0 Å². The normalized spacial score (nSPS) is 22.3. The van der Waals surface area contributed by atoms with Gasteiger partial charge in [0.2, 0.25) is 0 Å². The standard InChI is InChI=1S/C7H12O2/c1-2-9-7-3-5-8-6-4-7/h7H,2-5H2,1H3. The maximum Gasteiger partial charge on any atom is 0.134 e. The Morgan fingerprint density at radius 1 is 1.78 bits per heavy atom. The highest BCUT2D eigenvalue weighted by molar-refractivity contribution is 4.68. The molecule has 1 aliphatic heterocycles. The first-order valence-corrected chi connectivity index (χ1v) is 3.39. The van der Waals surface area contributed by atoms with E-state index in [4.69, 9.17) is 9.47 Å². The minimum Gasteiger partial charge on any atom is -0.378 e. The molecule has 1 heterocycles. The van der Waals surface area contributed by atoms with Gasteiger partial charge in [0.15, 0.2) is 0 Å². The molecule has 0 aromatic rings. The lowest BCUT2D eigenvalue weighted by Gasteiger charge is -2.20. The molecule has 0 aliphatic carbocycles. The molecule has 0 N–H and O–H groups in total. The van der Waals surface area contributed by atoms with Gasteiger partial charge in [-0.05, 0) is 13.3 Å². The quantitative estimate of drug-likeness (QED) is 0.557. The summed E-state index contributed by atoms with van der Waals surface area (Å²) in [6.07, 6.45) is 2.21. The fourth-order valence-corrected chi connectivity index (χ4v) is 0.894. The molecule has 0 aromatic carbocycles. The third-order valence-corrected chi connectivity index (χ3v) is 1.36. The number of ether oxygens (including phenoxy) is 2. The van der Waals surface area contributed by atoms with E-state index in [9.17, 15) is 0 Å². The van der Waals surface area contributed by atoms with Crippen LogP contribution in [-0.2, 0) is 9.47 Å². The Kier molecular flexibility index (Phi) is 3.01. The molecule has 0 amide bonds. The topological polar surface area (TPSA) is 18.5 Å². The van der Waals surface area contributed by atoms with Gasteiger partial charge >= 0.3 is 0 Å². The first-order chi connectivity index (χ1) is 4.43. The molecule has 1 atom stereocenters. The van der Waals surface area contributed by atoms with Crippen LogP contribution in [0.5, 0.6) is 0 Å². The van der Waals surface area contributed by atoms with Crippen molar-refractivity contribution in [3.63, 3.8) is 0 Å². The third kappa shape index (κ3) is 2.33. The molecular weight excluding hydrogens is 116 g/mol. The summed E-state index contributed by atoms with van der Waals surface area (Å²) in [5, 5.41) is 0. The van der Waals surface area contributed by atoms with Crippen LogP contribution in [0, 0.1) is 6.61 Å². The molecule has 2 heteroatoms. The maximum absolute atomic E-state index is 5.34. The second-order valence-corrected chi connectivity index (χ2v) is 2.06. The molecule has 0 bridgehead atoms. The zero-order chi connectivity index (χ0) is 6.53. The lowest BCUT2D eigenvalue weighted by molar-refractivity contribution is -0.00201. The van der Waals surface area contributed by atoms with Crippen LogP contribution in [0.25, 0.3) is 0 Å². The number of hydrogen-bond acceptors (Lipinski definition) is 2. The van der Waals surface area contributed by atoms with E-state index in [1.165, 1.54) is 0 Å². The molecule has 1 saturated heterocycles. The van der Waals surface area contributed by atoms with E-state index in [0.717, 1.165) is 26.1 Å². The van der Waals surface area contributed by atoms with Gasteiger partial charge in [0.1, 0.15) is 6.61 Å². The molecule has 1 fully saturated rings. The summed E-state index contributed by atoms with van der Waals surface area (Å²) in [4.78, 5) is 0. The zero-order valence-corrected chi connectivity index (χ0v) is 5.72. The van der Waals surface area contributed by atoms with Crippen LogP contribution in [-0.4, -0.2) is 19.3 Å². The van der Waals surface area contributed by atoms with Crippen LogP contribution in [0.15, 0.2) is 0 Å². The molecule has 9 heavy (non-hydrogen) atoms. The highest BCUT2D eigenvalue weighted by Gasteiger charge is 2.13. The zero-order valence-electron chi connectivity index (χ0n) is 5.72. The lowest BCUT2D eigenvalue weighted by atomic mass is 10.2. The van der Waals surface area contributed by atoms with E-state index < -0.39 is 0 Å². The molecule has 0 aromatic heterocycles. The van der Waals surface area contributed by atoms with E-state index in [1.54, 1.807) is 0 Å². The fourth-order valence-electron chi connectivity index (χ4n) is 0.894. The summed E-state index contributed by atoms with van der Waals surface area (Å²) in [5.41, 5.74) is 0. The van der Waals surface area contributed by atoms with E-state index in [2.05, 4.69) is 6.61 Å². The van der Waals surface area contributed by atoms with Crippen LogP contribution in [0.2, 0.25) is 0 Å². The van der Waals surface area contributed by atoms with E-state index in [-0.39, 0.29) is 0 Å². The molecule has 1 aliphatic rings. The maximum atomic E-state index is 5.34. The monoisotopic (exact) mass is 128 g/mol. The van der Waals surface area contributed by atoms with Gasteiger partial charge in [-0.2, -0.15) is 0 Å². The van der Waals surface area contributed by atoms with Crippen LogP contribution in [0.1, 0.15) is 19.8 Å². The molecule has 1 unspecified atom stereocenters. The Balaban J connectivity index is 2.08. The molecule has 2 nitrogen and oxygen atoms in total. The molecular formula is C7H12O2. The second kappa shape index (κ2) is 3.85. The summed E-state index contributed by atoms with van der Waals surface area (Å²) in [7, 11) is 0. The predicted molar refractivity (Wildman–Crippen MR) is 33.8 cm³/mol. The van der Waals surface area contributed by atoms with Crippen molar-refractivity contribution in [2.24, 2.45) is 0 Å². The van der Waals surface area contributed by atoms with Crippen molar-refractivity contribution in [1.82, 2.24) is 0 Å². The van der Waals surface area contributed by atoms with Gasteiger partial charge in [0.05, 0.1) is 12.7 Å². The summed E-state index contributed by atoms with van der Waals surface area (Å²) in [6, 6.07) is 0. The highest BCUT2D eigenvalue weighted by Crippen LogP contribution is 2.12. The van der Waals surface area contributed by atoms with Gasteiger partial charge in [-0.3, -0.25) is 0 Å². The van der Waals surface area contributed by atoms with Crippen LogP contribution in [0.4, 0.5) is 0 Å². The lowest BCUT2D eigenvalue weighted by Crippen LogP contribution is -2.20. The van der Waals surface area contributed by atoms with Gasteiger partial charge in [-0.1, -0.05) is 0 Å².